The lowest BCUT2D eigenvalue weighted by atomic mass is 10.2. The molecule has 0 aliphatic carbocycles. The molecule has 0 saturated carbocycles. The van der Waals surface area contributed by atoms with Gasteiger partial charge in [0, 0.05) is 29.4 Å². The van der Waals surface area contributed by atoms with Crippen LogP contribution in [0.5, 0.6) is 0 Å². The van der Waals surface area contributed by atoms with Crippen LogP contribution < -0.4 is 0 Å². The summed E-state index contributed by atoms with van der Waals surface area (Å²) in [6, 6.07) is 20.3. The van der Waals surface area contributed by atoms with Crippen molar-refractivity contribution < 1.29 is 10.2 Å². The number of thioether (sulfide) groups is 2. The van der Waals surface area contributed by atoms with Gasteiger partial charge in [-0.2, -0.15) is 0 Å². The Labute approximate surface area is 152 Å². The van der Waals surface area contributed by atoms with E-state index in [1.54, 1.807) is 23.5 Å². The minimum absolute atomic E-state index is 0.111. The summed E-state index contributed by atoms with van der Waals surface area (Å²) in [6.45, 7) is 0.226. The average molecular weight is 359 g/mol. The zero-order valence-electron chi connectivity index (χ0n) is 13.5. The van der Waals surface area contributed by atoms with Crippen molar-refractivity contribution in [1.29, 1.82) is 0 Å². The molecule has 2 nitrogen and oxygen atoms in total. The monoisotopic (exact) mass is 358 g/mol. The van der Waals surface area contributed by atoms with Crippen LogP contribution in [0, 0.1) is 0 Å². The molecule has 0 spiro atoms. The SMILES string of the molecule is OCCC(=C\Sc1ccccc1)/C=C(\CCO)Sc1ccccc1. The molecular formula is C20H22O2S2. The van der Waals surface area contributed by atoms with Gasteiger partial charge >= 0.3 is 0 Å². The van der Waals surface area contributed by atoms with Crippen LogP contribution in [0.2, 0.25) is 0 Å². The van der Waals surface area contributed by atoms with Gasteiger partial charge in [-0.1, -0.05) is 59.9 Å². The molecule has 2 N–H and O–H groups in total. The van der Waals surface area contributed by atoms with Crippen molar-refractivity contribution in [1.82, 2.24) is 0 Å². The maximum Gasteiger partial charge on any atom is 0.0476 e. The third kappa shape index (κ3) is 6.97. The highest BCUT2D eigenvalue weighted by Crippen LogP contribution is 2.31. The summed E-state index contributed by atoms with van der Waals surface area (Å²) >= 11 is 3.30. The van der Waals surface area contributed by atoms with E-state index >= 15 is 0 Å². The molecule has 4 heteroatoms. The van der Waals surface area contributed by atoms with Crippen molar-refractivity contribution in [3.05, 3.63) is 82.6 Å². The van der Waals surface area contributed by atoms with Gasteiger partial charge in [-0.3, -0.25) is 0 Å². The molecule has 0 bridgehead atoms. The van der Waals surface area contributed by atoms with Gasteiger partial charge in [0.15, 0.2) is 0 Å². The van der Waals surface area contributed by atoms with Crippen LogP contribution in [0.4, 0.5) is 0 Å². The minimum atomic E-state index is 0.111. The summed E-state index contributed by atoms with van der Waals surface area (Å²) in [4.78, 5) is 3.41. The second-order valence-corrected chi connectivity index (χ2v) is 7.24. The van der Waals surface area contributed by atoms with E-state index in [0.717, 1.165) is 15.4 Å². The molecule has 2 aromatic carbocycles. The molecule has 0 aliphatic heterocycles. The molecule has 0 radical (unpaired) electrons. The van der Waals surface area contributed by atoms with Crippen molar-refractivity contribution in [2.75, 3.05) is 13.2 Å². The summed E-state index contributed by atoms with van der Waals surface area (Å²) in [7, 11) is 0. The zero-order valence-corrected chi connectivity index (χ0v) is 15.1. The predicted molar refractivity (Wildman–Crippen MR) is 104 cm³/mol. The molecule has 2 rings (SSSR count). The quantitative estimate of drug-likeness (QED) is 0.483. The third-order valence-electron chi connectivity index (χ3n) is 3.19. The highest BCUT2D eigenvalue weighted by Gasteiger charge is 2.03. The highest BCUT2D eigenvalue weighted by molar-refractivity contribution is 8.03. The van der Waals surface area contributed by atoms with E-state index in [4.69, 9.17) is 0 Å². The number of aliphatic hydroxyl groups is 2. The Balaban J connectivity index is 2.14. The molecular weight excluding hydrogens is 336 g/mol. The van der Waals surface area contributed by atoms with Crippen LogP contribution in [0.25, 0.3) is 0 Å². The first-order chi connectivity index (χ1) is 11.8. The Kier molecular flexibility index (Phi) is 8.77. The van der Waals surface area contributed by atoms with E-state index in [0.29, 0.717) is 12.8 Å². The van der Waals surface area contributed by atoms with Crippen molar-refractivity contribution >= 4 is 23.5 Å². The van der Waals surface area contributed by atoms with Crippen molar-refractivity contribution in [3.8, 4) is 0 Å². The number of hydrogen-bond donors (Lipinski definition) is 2. The van der Waals surface area contributed by atoms with E-state index in [9.17, 15) is 10.2 Å². The van der Waals surface area contributed by atoms with Gasteiger partial charge in [-0.05, 0) is 52.6 Å². The molecule has 0 amide bonds. The predicted octanol–water partition coefficient (Wildman–Crippen LogP) is 5.10. The molecule has 0 fully saturated rings. The second-order valence-electron chi connectivity index (χ2n) is 5.10. The first kappa shape index (κ1) is 18.9. The molecule has 24 heavy (non-hydrogen) atoms. The standard InChI is InChI=1S/C20H22O2S2/c21-13-11-17(16-23-18-7-3-1-4-8-18)15-20(12-14-22)24-19-9-5-2-6-10-19/h1-10,15-16,21-22H,11-14H2/b17-16+,20-15+. The minimum Gasteiger partial charge on any atom is -0.396 e. The average Bonchev–Trinajstić information content (AvgIpc) is 2.62. The lowest BCUT2D eigenvalue weighted by Gasteiger charge is -2.08. The fourth-order valence-electron chi connectivity index (χ4n) is 2.05. The van der Waals surface area contributed by atoms with Crippen LogP contribution in [0.3, 0.4) is 0 Å². The molecule has 0 heterocycles. The number of hydrogen-bond acceptors (Lipinski definition) is 4. The Morgan fingerprint density at radius 3 is 1.96 bits per heavy atom. The van der Waals surface area contributed by atoms with Gasteiger partial charge in [0.1, 0.15) is 0 Å². The fraction of sp³-hybridized carbons (Fsp3) is 0.200. The maximum atomic E-state index is 9.34. The van der Waals surface area contributed by atoms with Gasteiger partial charge in [0.05, 0.1) is 0 Å². The first-order valence-electron chi connectivity index (χ1n) is 7.88. The highest BCUT2D eigenvalue weighted by atomic mass is 32.2. The van der Waals surface area contributed by atoms with Crippen molar-refractivity contribution in [2.24, 2.45) is 0 Å². The molecule has 0 saturated heterocycles. The largest absolute Gasteiger partial charge is 0.396 e. The Morgan fingerprint density at radius 1 is 0.792 bits per heavy atom. The number of allylic oxidation sites excluding steroid dienone is 1. The summed E-state index contributed by atoms with van der Waals surface area (Å²) in [5, 5.41) is 20.7. The van der Waals surface area contributed by atoms with Crippen LogP contribution >= 0.6 is 23.5 Å². The second kappa shape index (κ2) is 11.2. The third-order valence-corrected chi connectivity index (χ3v) is 5.24. The molecule has 0 aliphatic rings. The lowest BCUT2D eigenvalue weighted by molar-refractivity contribution is 0.299. The molecule has 0 aromatic heterocycles. The van der Waals surface area contributed by atoms with E-state index in [-0.39, 0.29) is 13.2 Å². The van der Waals surface area contributed by atoms with Gasteiger partial charge in [-0.15, -0.1) is 0 Å². The molecule has 0 unspecified atom stereocenters. The fourth-order valence-corrected chi connectivity index (χ4v) is 3.83. The van der Waals surface area contributed by atoms with Gasteiger partial charge in [0.25, 0.3) is 0 Å². The lowest BCUT2D eigenvalue weighted by Crippen LogP contribution is -1.90. The Bertz CT molecular complexity index is 652. The van der Waals surface area contributed by atoms with Gasteiger partial charge < -0.3 is 10.2 Å². The maximum absolute atomic E-state index is 9.34. The summed E-state index contributed by atoms with van der Waals surface area (Å²) in [6.07, 6.45) is 3.29. The number of rotatable bonds is 9. The van der Waals surface area contributed by atoms with E-state index in [1.165, 1.54) is 4.90 Å². The Morgan fingerprint density at radius 2 is 1.38 bits per heavy atom. The Hall–Kier alpha value is -1.46. The van der Waals surface area contributed by atoms with Crippen LogP contribution in [0.1, 0.15) is 12.8 Å². The van der Waals surface area contributed by atoms with E-state index in [2.05, 4.69) is 35.7 Å². The van der Waals surface area contributed by atoms with Crippen LogP contribution in [-0.4, -0.2) is 23.4 Å². The molecule has 0 atom stereocenters. The summed E-state index contributed by atoms with van der Waals surface area (Å²) in [5.41, 5.74) is 1.07. The van der Waals surface area contributed by atoms with E-state index in [1.807, 2.05) is 36.4 Å². The first-order valence-corrected chi connectivity index (χ1v) is 9.57. The number of aliphatic hydroxyl groups excluding tert-OH is 2. The molecule has 2 aromatic rings. The van der Waals surface area contributed by atoms with Gasteiger partial charge in [-0.25, -0.2) is 0 Å². The summed E-state index contributed by atoms with van der Waals surface area (Å²) in [5.74, 6) is 0. The van der Waals surface area contributed by atoms with E-state index < -0.39 is 0 Å². The smallest absolute Gasteiger partial charge is 0.0476 e. The zero-order chi connectivity index (χ0) is 17.0. The normalized spacial score (nSPS) is 12.4. The molecule has 126 valence electrons. The summed E-state index contributed by atoms with van der Waals surface area (Å²) < 4.78 is 0. The van der Waals surface area contributed by atoms with Crippen LogP contribution in [0.15, 0.2) is 92.4 Å². The topological polar surface area (TPSA) is 40.5 Å². The van der Waals surface area contributed by atoms with Crippen molar-refractivity contribution in [3.63, 3.8) is 0 Å². The van der Waals surface area contributed by atoms with Gasteiger partial charge in [0.2, 0.25) is 0 Å². The van der Waals surface area contributed by atoms with Crippen molar-refractivity contribution in [2.45, 2.75) is 22.6 Å². The van der Waals surface area contributed by atoms with Crippen LogP contribution in [-0.2, 0) is 0 Å². The number of benzene rings is 2.